The molecule has 0 aliphatic carbocycles. The molecule has 0 spiro atoms. The molecule has 1 aliphatic rings. The summed E-state index contributed by atoms with van der Waals surface area (Å²) in [5, 5.41) is 3.85. The van der Waals surface area contributed by atoms with E-state index >= 15 is 0 Å². The Hall–Kier alpha value is -2.35. The van der Waals surface area contributed by atoms with E-state index in [4.69, 9.17) is 0 Å². The quantitative estimate of drug-likeness (QED) is 0.356. The molecule has 2 aromatic heterocycles. The maximum absolute atomic E-state index is 10.6. The lowest BCUT2D eigenvalue weighted by Crippen LogP contribution is -2.27. The monoisotopic (exact) mass is 381 g/mol. The van der Waals surface area contributed by atoms with Crippen LogP contribution in [0, 0.1) is 0 Å². The molecule has 6 nitrogen and oxygen atoms in total. The molecule has 3 heterocycles. The van der Waals surface area contributed by atoms with Crippen molar-refractivity contribution in [2.75, 3.05) is 31.5 Å². The number of carbonyl (C=O) groups is 1. The second-order valence-electron chi connectivity index (χ2n) is 6.61. The molecule has 3 aromatic rings. The molecule has 0 radical (unpaired) electrons. The van der Waals surface area contributed by atoms with E-state index < -0.39 is 0 Å². The van der Waals surface area contributed by atoms with E-state index in [1.807, 2.05) is 36.7 Å². The number of fused-ring (bicyclic) bond motifs is 1. The van der Waals surface area contributed by atoms with Crippen molar-refractivity contribution in [2.24, 2.45) is 0 Å². The third kappa shape index (κ3) is 4.16. The maximum atomic E-state index is 10.6. The van der Waals surface area contributed by atoms with Crippen molar-refractivity contribution in [2.45, 2.75) is 17.7 Å². The highest BCUT2D eigenvalue weighted by Gasteiger charge is 2.12. The first-order valence-electron chi connectivity index (χ1n) is 9.23. The predicted octanol–water partition coefficient (Wildman–Crippen LogP) is 3.29. The van der Waals surface area contributed by atoms with Gasteiger partial charge in [-0.25, -0.2) is 0 Å². The summed E-state index contributed by atoms with van der Waals surface area (Å²) in [6.45, 7) is 4.52. The highest BCUT2D eigenvalue weighted by Crippen LogP contribution is 2.30. The molecule has 4 rings (SSSR count). The summed E-state index contributed by atoms with van der Waals surface area (Å²) in [6, 6.07) is 9.83. The highest BCUT2D eigenvalue weighted by atomic mass is 32.2. The summed E-state index contributed by atoms with van der Waals surface area (Å²) >= 11 is 1.68. The largest absolute Gasteiger partial charge is 0.329 e. The van der Waals surface area contributed by atoms with Gasteiger partial charge in [-0.1, -0.05) is 0 Å². The van der Waals surface area contributed by atoms with E-state index in [0.29, 0.717) is 6.41 Å². The van der Waals surface area contributed by atoms with Crippen LogP contribution in [0.15, 0.2) is 53.8 Å². The zero-order chi connectivity index (χ0) is 18.5. The van der Waals surface area contributed by atoms with Crippen LogP contribution in [0.25, 0.3) is 16.6 Å². The summed E-state index contributed by atoms with van der Waals surface area (Å²) in [5.74, 6) is 0. The van der Waals surface area contributed by atoms with Crippen LogP contribution in [0.1, 0.15) is 12.8 Å². The van der Waals surface area contributed by atoms with Crippen molar-refractivity contribution in [3.05, 3.63) is 48.9 Å². The number of benzene rings is 1. The molecule has 140 valence electrons. The van der Waals surface area contributed by atoms with E-state index in [1.165, 1.54) is 36.2 Å². The minimum atomic E-state index is 0.687. The van der Waals surface area contributed by atoms with E-state index in [1.54, 1.807) is 11.9 Å². The smallest absolute Gasteiger partial charge is 0.211 e. The lowest BCUT2D eigenvalue weighted by atomic mass is 10.2. The van der Waals surface area contributed by atoms with Gasteiger partial charge in [0.2, 0.25) is 6.41 Å². The molecule has 0 bridgehead atoms. The second kappa shape index (κ2) is 8.56. The number of pyridine rings is 1. The number of aromatic nitrogens is 2. The van der Waals surface area contributed by atoms with Crippen molar-refractivity contribution >= 4 is 34.9 Å². The van der Waals surface area contributed by atoms with Crippen LogP contribution in [-0.4, -0.2) is 47.0 Å². The van der Waals surface area contributed by atoms with E-state index in [2.05, 4.69) is 36.8 Å². The zero-order valence-electron chi connectivity index (χ0n) is 15.1. The van der Waals surface area contributed by atoms with Gasteiger partial charge < -0.3 is 14.8 Å². The lowest BCUT2D eigenvalue weighted by Gasteiger charge is -2.14. The Kier molecular flexibility index (Phi) is 5.72. The van der Waals surface area contributed by atoms with Gasteiger partial charge in [0, 0.05) is 47.1 Å². The van der Waals surface area contributed by atoms with Crippen LogP contribution in [0.2, 0.25) is 0 Å². The molecule has 27 heavy (non-hydrogen) atoms. The van der Waals surface area contributed by atoms with Crippen LogP contribution in [0.5, 0.6) is 0 Å². The van der Waals surface area contributed by atoms with Crippen molar-refractivity contribution in [1.29, 1.82) is 0 Å². The fraction of sp³-hybridized carbons (Fsp3) is 0.300. The SMILES string of the molecule is O=CNc1ccc(-n2cc(SNCCN3CCCC3)c3ccncc32)cc1. The molecular weight excluding hydrogens is 358 g/mol. The number of nitrogens with zero attached hydrogens (tertiary/aromatic N) is 3. The molecule has 1 aromatic carbocycles. The predicted molar refractivity (Wildman–Crippen MR) is 110 cm³/mol. The van der Waals surface area contributed by atoms with E-state index in [-0.39, 0.29) is 0 Å². The first kappa shape index (κ1) is 18.0. The molecule has 0 atom stereocenters. The van der Waals surface area contributed by atoms with Gasteiger partial charge in [-0.3, -0.25) is 14.5 Å². The normalized spacial score (nSPS) is 14.7. The summed E-state index contributed by atoms with van der Waals surface area (Å²) in [6.07, 6.45) is 9.21. The Labute approximate surface area is 163 Å². The second-order valence-corrected chi connectivity index (χ2v) is 7.54. The molecule has 1 amide bonds. The van der Waals surface area contributed by atoms with Crippen molar-refractivity contribution in [1.82, 2.24) is 19.2 Å². The number of likely N-dealkylation sites (tertiary alicyclic amines) is 1. The summed E-state index contributed by atoms with van der Waals surface area (Å²) < 4.78 is 5.64. The van der Waals surface area contributed by atoms with Gasteiger partial charge in [0.1, 0.15) is 0 Å². The third-order valence-electron chi connectivity index (χ3n) is 4.85. The first-order valence-corrected chi connectivity index (χ1v) is 10.0. The topological polar surface area (TPSA) is 62.2 Å². The van der Waals surface area contributed by atoms with Crippen molar-refractivity contribution < 1.29 is 4.79 Å². The molecule has 1 aliphatic heterocycles. The highest BCUT2D eigenvalue weighted by molar-refractivity contribution is 7.97. The van der Waals surface area contributed by atoms with Crippen molar-refractivity contribution in [3.63, 3.8) is 0 Å². The number of rotatable bonds is 8. The Bertz CT molecular complexity index is 902. The van der Waals surface area contributed by atoms with Gasteiger partial charge in [-0.2, -0.15) is 0 Å². The van der Waals surface area contributed by atoms with Crippen LogP contribution in [-0.2, 0) is 4.79 Å². The number of hydrogen-bond donors (Lipinski definition) is 2. The average Bonchev–Trinajstić information content (AvgIpc) is 3.34. The van der Waals surface area contributed by atoms with E-state index in [0.717, 1.165) is 30.0 Å². The third-order valence-corrected chi connectivity index (χ3v) is 5.75. The number of anilines is 1. The van der Waals surface area contributed by atoms with Crippen molar-refractivity contribution in [3.8, 4) is 5.69 Å². The lowest BCUT2D eigenvalue weighted by molar-refractivity contribution is -0.105. The molecule has 0 saturated carbocycles. The summed E-state index contributed by atoms with van der Waals surface area (Å²) in [5.41, 5.74) is 2.88. The van der Waals surface area contributed by atoms with Gasteiger partial charge in [0.05, 0.1) is 11.7 Å². The summed E-state index contributed by atoms with van der Waals surface area (Å²) in [7, 11) is 0. The van der Waals surface area contributed by atoms with Crippen LogP contribution in [0.3, 0.4) is 0 Å². The van der Waals surface area contributed by atoms with Crippen LogP contribution in [0.4, 0.5) is 5.69 Å². The first-order chi connectivity index (χ1) is 13.3. The molecule has 1 saturated heterocycles. The standard InChI is InChI=1S/C20H23N5OS/c26-15-22-16-3-5-17(6-4-16)25-14-20(18-7-8-21-13-19(18)25)27-23-9-12-24-10-1-2-11-24/h3-8,13-15,23H,1-2,9-12H2,(H,22,26). The van der Waals surface area contributed by atoms with Crippen LogP contribution < -0.4 is 10.0 Å². The van der Waals surface area contributed by atoms with E-state index in [9.17, 15) is 4.79 Å². The Balaban J connectivity index is 1.50. The maximum Gasteiger partial charge on any atom is 0.211 e. The van der Waals surface area contributed by atoms with Crippen LogP contribution >= 0.6 is 11.9 Å². The minimum Gasteiger partial charge on any atom is -0.329 e. The fourth-order valence-electron chi connectivity index (χ4n) is 3.46. The molecule has 7 heteroatoms. The van der Waals surface area contributed by atoms with Gasteiger partial charge in [0.15, 0.2) is 0 Å². The molecular formula is C20H23N5OS. The summed E-state index contributed by atoms with van der Waals surface area (Å²) in [4.78, 5) is 18.6. The Morgan fingerprint density at radius 1 is 1.15 bits per heavy atom. The van der Waals surface area contributed by atoms with Gasteiger partial charge in [0.25, 0.3) is 0 Å². The fourth-order valence-corrected chi connectivity index (χ4v) is 4.25. The van der Waals surface area contributed by atoms with Gasteiger partial charge in [-0.05, 0) is 68.2 Å². The minimum absolute atomic E-state index is 0.687. The zero-order valence-corrected chi connectivity index (χ0v) is 15.9. The Morgan fingerprint density at radius 2 is 1.96 bits per heavy atom. The molecule has 0 unspecified atom stereocenters. The molecule has 2 N–H and O–H groups in total. The number of nitrogens with one attached hydrogen (secondary N) is 2. The van der Waals surface area contributed by atoms with Gasteiger partial charge in [-0.15, -0.1) is 0 Å². The number of hydrogen-bond acceptors (Lipinski definition) is 5. The Morgan fingerprint density at radius 3 is 2.74 bits per heavy atom. The number of amides is 1. The average molecular weight is 382 g/mol. The number of carbonyl (C=O) groups excluding carboxylic acids is 1. The van der Waals surface area contributed by atoms with Gasteiger partial charge >= 0.3 is 0 Å². The molecule has 1 fully saturated rings.